The third kappa shape index (κ3) is 8.25. The maximum atomic E-state index is 14.1. The zero-order chi connectivity index (χ0) is 32.1. The molecule has 7 nitrogen and oxygen atoms in total. The van der Waals surface area contributed by atoms with Gasteiger partial charge in [-0.3, -0.25) is 13.9 Å². The summed E-state index contributed by atoms with van der Waals surface area (Å²) >= 11 is 12.3. The number of amides is 2. The second-order valence-corrected chi connectivity index (χ2v) is 13.4. The Morgan fingerprint density at radius 2 is 1.59 bits per heavy atom. The largest absolute Gasteiger partial charge is 0.416 e. The van der Waals surface area contributed by atoms with Gasteiger partial charge in [0, 0.05) is 17.6 Å². The van der Waals surface area contributed by atoms with E-state index in [1.165, 1.54) is 36.1 Å². The van der Waals surface area contributed by atoms with Gasteiger partial charge in [-0.1, -0.05) is 72.8 Å². The number of hydrogen-bond donors (Lipinski definition) is 1. The minimum absolute atomic E-state index is 0.0509. The average Bonchev–Trinajstić information content (AvgIpc) is 3.00. The summed E-state index contributed by atoms with van der Waals surface area (Å²) in [7, 11) is -4.60. The van der Waals surface area contributed by atoms with Crippen molar-refractivity contribution in [3.8, 4) is 0 Å². The molecule has 13 heteroatoms. The van der Waals surface area contributed by atoms with Crippen molar-refractivity contribution in [1.29, 1.82) is 0 Å². The summed E-state index contributed by atoms with van der Waals surface area (Å²) in [6.45, 7) is 0.511. The first-order valence-corrected chi connectivity index (χ1v) is 16.3. The number of benzene rings is 3. The van der Waals surface area contributed by atoms with Crippen LogP contribution in [0.3, 0.4) is 0 Å². The number of alkyl halides is 3. The Morgan fingerprint density at radius 3 is 2.20 bits per heavy atom. The number of carbonyl (C=O) groups is 2. The molecule has 3 aromatic rings. The van der Waals surface area contributed by atoms with Gasteiger partial charge in [-0.2, -0.15) is 13.2 Å². The summed E-state index contributed by atoms with van der Waals surface area (Å²) in [5.41, 5.74) is -1.06. The van der Waals surface area contributed by atoms with Gasteiger partial charge in [0.25, 0.3) is 10.0 Å². The first kappa shape index (κ1) is 33.6. The monoisotopic (exact) mass is 669 g/mol. The number of rotatable bonds is 10. The van der Waals surface area contributed by atoms with Gasteiger partial charge in [-0.05, 0) is 67.8 Å². The topological polar surface area (TPSA) is 86.8 Å². The van der Waals surface area contributed by atoms with Crippen molar-refractivity contribution in [2.75, 3.05) is 10.8 Å². The van der Waals surface area contributed by atoms with E-state index in [0.29, 0.717) is 21.0 Å². The number of carbonyl (C=O) groups excluding carboxylic acids is 2. The second-order valence-electron chi connectivity index (χ2n) is 10.7. The number of hydrogen-bond acceptors (Lipinski definition) is 4. The van der Waals surface area contributed by atoms with E-state index in [1.807, 2.05) is 0 Å². The Morgan fingerprint density at radius 1 is 0.955 bits per heavy atom. The smallest absolute Gasteiger partial charge is 0.352 e. The molecule has 0 heterocycles. The average molecular weight is 671 g/mol. The van der Waals surface area contributed by atoms with Crippen LogP contribution in [-0.4, -0.2) is 43.8 Å². The number of nitrogens with zero attached hydrogens (tertiary/aromatic N) is 2. The molecular weight excluding hydrogens is 638 g/mol. The highest BCUT2D eigenvalue weighted by molar-refractivity contribution is 7.92. The molecule has 4 rings (SSSR count). The molecule has 0 radical (unpaired) electrons. The molecule has 0 saturated heterocycles. The lowest BCUT2D eigenvalue weighted by Gasteiger charge is -2.33. The predicted octanol–water partition coefficient (Wildman–Crippen LogP) is 7.07. The lowest BCUT2D eigenvalue weighted by atomic mass is 9.95. The Bertz CT molecular complexity index is 1570. The molecule has 0 bridgehead atoms. The van der Waals surface area contributed by atoms with Crippen molar-refractivity contribution >= 4 is 50.7 Å². The summed E-state index contributed by atoms with van der Waals surface area (Å²) in [5, 5.41) is 3.14. The molecule has 3 aromatic carbocycles. The molecule has 236 valence electrons. The van der Waals surface area contributed by atoms with Crippen LogP contribution in [0.15, 0.2) is 77.7 Å². The predicted molar refractivity (Wildman–Crippen MR) is 164 cm³/mol. The van der Waals surface area contributed by atoms with E-state index >= 15 is 0 Å². The lowest BCUT2D eigenvalue weighted by molar-refractivity contribution is -0.139. The standard InChI is InChI=1S/C31H32Cl2F3N3O4S/c1-21(30(41)37-25-8-4-2-5-9-25)38(19-22-12-15-24(32)16-13-22)29(40)20-39(44(42,43)26-10-6-3-7-11-26)28-18-23(31(34,35)36)14-17-27(28)33/h3,6-7,10-18,21,25H,2,4-5,8-9,19-20H2,1H3,(H,37,41). The Labute approximate surface area is 265 Å². The molecule has 1 fully saturated rings. The molecule has 1 saturated carbocycles. The fourth-order valence-electron chi connectivity index (χ4n) is 5.05. The van der Waals surface area contributed by atoms with Crippen molar-refractivity contribution in [2.24, 2.45) is 0 Å². The molecule has 0 aliphatic heterocycles. The Hall–Kier alpha value is -3.28. The van der Waals surface area contributed by atoms with E-state index in [-0.39, 0.29) is 22.5 Å². The number of nitrogens with one attached hydrogen (secondary N) is 1. The van der Waals surface area contributed by atoms with Crippen LogP contribution in [0.25, 0.3) is 0 Å². The summed E-state index contributed by atoms with van der Waals surface area (Å²) in [6, 6.07) is 14.7. The third-order valence-corrected chi connectivity index (χ3v) is 9.88. The van der Waals surface area contributed by atoms with Gasteiger partial charge in [-0.15, -0.1) is 0 Å². The summed E-state index contributed by atoms with van der Waals surface area (Å²) in [6.07, 6.45) is -0.181. The zero-order valence-electron chi connectivity index (χ0n) is 23.9. The molecule has 1 aliphatic rings. The maximum absolute atomic E-state index is 14.1. The van der Waals surface area contributed by atoms with Crippen molar-refractivity contribution in [1.82, 2.24) is 10.2 Å². The van der Waals surface area contributed by atoms with Crippen molar-refractivity contribution in [3.63, 3.8) is 0 Å². The van der Waals surface area contributed by atoms with E-state index in [9.17, 15) is 31.2 Å². The summed E-state index contributed by atoms with van der Waals surface area (Å²) < 4.78 is 69.4. The molecular formula is C31H32Cl2F3N3O4S. The van der Waals surface area contributed by atoms with E-state index in [1.54, 1.807) is 30.3 Å². The van der Waals surface area contributed by atoms with Gasteiger partial charge in [0.1, 0.15) is 12.6 Å². The van der Waals surface area contributed by atoms with Crippen LogP contribution >= 0.6 is 23.2 Å². The summed E-state index contributed by atoms with van der Waals surface area (Å²) in [4.78, 5) is 28.4. The second kappa shape index (κ2) is 14.2. The van der Waals surface area contributed by atoms with Crippen LogP contribution in [-0.2, 0) is 32.3 Å². The lowest BCUT2D eigenvalue weighted by Crippen LogP contribution is -2.53. The molecule has 1 atom stereocenters. The minimum atomic E-state index is -4.81. The highest BCUT2D eigenvalue weighted by Crippen LogP contribution is 2.37. The Kier molecular flexibility index (Phi) is 10.9. The van der Waals surface area contributed by atoms with Crippen molar-refractivity contribution in [2.45, 2.75) is 68.7 Å². The van der Waals surface area contributed by atoms with Gasteiger partial charge in [-0.25, -0.2) is 8.42 Å². The van der Waals surface area contributed by atoms with Crippen molar-refractivity contribution in [3.05, 3.63) is 94.0 Å². The summed E-state index contributed by atoms with van der Waals surface area (Å²) in [5.74, 6) is -1.24. The normalized spacial score (nSPS) is 15.0. The fourth-order valence-corrected chi connectivity index (χ4v) is 6.89. The van der Waals surface area contributed by atoms with E-state index in [4.69, 9.17) is 23.2 Å². The molecule has 0 spiro atoms. The highest BCUT2D eigenvalue weighted by atomic mass is 35.5. The van der Waals surface area contributed by atoms with Crippen LogP contribution in [0.4, 0.5) is 18.9 Å². The fraction of sp³-hybridized carbons (Fsp3) is 0.355. The molecule has 0 aromatic heterocycles. The molecule has 2 amide bonds. The maximum Gasteiger partial charge on any atom is 0.416 e. The third-order valence-electron chi connectivity index (χ3n) is 7.54. The van der Waals surface area contributed by atoms with Crippen LogP contribution < -0.4 is 9.62 Å². The number of halogens is 5. The van der Waals surface area contributed by atoms with Crippen LogP contribution in [0.5, 0.6) is 0 Å². The molecule has 1 aliphatic carbocycles. The van der Waals surface area contributed by atoms with E-state index < -0.39 is 51.9 Å². The van der Waals surface area contributed by atoms with Gasteiger partial charge in [0.05, 0.1) is 21.2 Å². The number of sulfonamides is 1. The first-order valence-electron chi connectivity index (χ1n) is 14.1. The van der Waals surface area contributed by atoms with E-state index in [2.05, 4.69) is 5.32 Å². The quantitative estimate of drug-likeness (QED) is 0.250. The van der Waals surface area contributed by atoms with Crippen LogP contribution in [0, 0.1) is 0 Å². The van der Waals surface area contributed by atoms with Gasteiger partial charge >= 0.3 is 6.18 Å². The van der Waals surface area contributed by atoms with Crippen molar-refractivity contribution < 1.29 is 31.2 Å². The number of anilines is 1. The van der Waals surface area contributed by atoms with Gasteiger partial charge < -0.3 is 10.2 Å². The van der Waals surface area contributed by atoms with Gasteiger partial charge in [0.15, 0.2) is 0 Å². The van der Waals surface area contributed by atoms with Crippen LogP contribution in [0.2, 0.25) is 10.0 Å². The van der Waals surface area contributed by atoms with Gasteiger partial charge in [0.2, 0.25) is 11.8 Å². The SMILES string of the molecule is CC(C(=O)NC1CCCCC1)N(Cc1ccc(Cl)cc1)C(=O)CN(c1cc(C(F)(F)F)ccc1Cl)S(=O)(=O)c1ccccc1. The Balaban J connectivity index is 1.74. The minimum Gasteiger partial charge on any atom is -0.352 e. The molecule has 1 unspecified atom stereocenters. The molecule has 44 heavy (non-hydrogen) atoms. The first-order chi connectivity index (χ1) is 20.8. The zero-order valence-corrected chi connectivity index (χ0v) is 26.2. The highest BCUT2D eigenvalue weighted by Gasteiger charge is 2.36. The molecule has 1 N–H and O–H groups in total. The van der Waals surface area contributed by atoms with Crippen LogP contribution in [0.1, 0.15) is 50.2 Å². The van der Waals surface area contributed by atoms with E-state index in [0.717, 1.165) is 44.2 Å².